The van der Waals surface area contributed by atoms with E-state index in [0.717, 1.165) is 18.2 Å². The van der Waals surface area contributed by atoms with Gasteiger partial charge in [-0.2, -0.15) is 0 Å². The molecule has 0 aliphatic heterocycles. The van der Waals surface area contributed by atoms with Crippen molar-refractivity contribution in [2.75, 3.05) is 13.7 Å². The van der Waals surface area contributed by atoms with Crippen LogP contribution in [0.25, 0.3) is 0 Å². The van der Waals surface area contributed by atoms with Gasteiger partial charge in [-0.25, -0.2) is 0 Å². The molecule has 8 nitrogen and oxygen atoms in total. The topological polar surface area (TPSA) is 108 Å². The minimum atomic E-state index is -0.705. The highest BCUT2D eigenvalue weighted by Crippen LogP contribution is 2.20. The van der Waals surface area contributed by atoms with E-state index in [4.69, 9.17) is 13.6 Å². The van der Waals surface area contributed by atoms with Gasteiger partial charge in [0.1, 0.15) is 22.5 Å². The van der Waals surface area contributed by atoms with Crippen molar-refractivity contribution in [1.82, 2.24) is 5.32 Å². The van der Waals surface area contributed by atoms with E-state index in [1.165, 1.54) is 13.2 Å². The van der Waals surface area contributed by atoms with Crippen LogP contribution in [0, 0.1) is 10.1 Å². The molecule has 1 N–H and O–H groups in total. The van der Waals surface area contributed by atoms with Crippen LogP contribution in [0.2, 0.25) is 0 Å². The van der Waals surface area contributed by atoms with Gasteiger partial charge in [0.05, 0.1) is 12.7 Å². The Hall–Kier alpha value is -2.61. The van der Waals surface area contributed by atoms with Crippen molar-refractivity contribution in [3.63, 3.8) is 0 Å². The Labute approximate surface area is 126 Å². The van der Waals surface area contributed by atoms with Crippen LogP contribution in [0.1, 0.15) is 35.0 Å². The van der Waals surface area contributed by atoms with Gasteiger partial charge in [0.2, 0.25) is 0 Å². The van der Waals surface area contributed by atoms with Gasteiger partial charge in [-0.3, -0.25) is 14.9 Å². The first-order valence-corrected chi connectivity index (χ1v) is 6.67. The highest BCUT2D eigenvalue weighted by Gasteiger charge is 2.22. The summed E-state index contributed by atoms with van der Waals surface area (Å²) < 4.78 is 15.5. The van der Waals surface area contributed by atoms with Crippen LogP contribution in [-0.4, -0.2) is 24.5 Å². The standard InChI is InChI=1S/C14H16N2O6/c1-3-9-4-5-11(21-9)10(8-20-2)15-14(17)12-6-7-13(22-12)16(18)19/h4-7,10H,3,8H2,1-2H3,(H,15,17)/t10-/m0/s1. The number of nitrogens with one attached hydrogen (secondary N) is 1. The molecular weight excluding hydrogens is 292 g/mol. The smallest absolute Gasteiger partial charge is 0.433 e. The molecular formula is C14H16N2O6. The van der Waals surface area contributed by atoms with Crippen molar-refractivity contribution >= 4 is 11.8 Å². The van der Waals surface area contributed by atoms with Crippen molar-refractivity contribution < 1.29 is 23.3 Å². The van der Waals surface area contributed by atoms with Crippen molar-refractivity contribution in [3.8, 4) is 0 Å². The lowest BCUT2D eigenvalue weighted by molar-refractivity contribution is -0.402. The van der Waals surface area contributed by atoms with E-state index in [-0.39, 0.29) is 12.4 Å². The van der Waals surface area contributed by atoms with Gasteiger partial charge < -0.3 is 18.9 Å². The Kier molecular flexibility index (Phi) is 4.95. The number of furan rings is 2. The van der Waals surface area contributed by atoms with Gasteiger partial charge >= 0.3 is 5.88 Å². The number of carbonyl (C=O) groups is 1. The third kappa shape index (κ3) is 3.53. The Balaban J connectivity index is 2.12. The molecule has 0 bridgehead atoms. The van der Waals surface area contributed by atoms with Gasteiger partial charge in [-0.1, -0.05) is 6.92 Å². The molecule has 0 aliphatic rings. The number of ether oxygens (including phenoxy) is 1. The van der Waals surface area contributed by atoms with Crippen LogP contribution >= 0.6 is 0 Å². The first-order valence-electron chi connectivity index (χ1n) is 6.67. The Morgan fingerprint density at radius 2 is 2.14 bits per heavy atom. The minimum Gasteiger partial charge on any atom is -0.464 e. The van der Waals surface area contributed by atoms with E-state index in [0.29, 0.717) is 5.76 Å². The van der Waals surface area contributed by atoms with Crippen molar-refractivity contribution in [1.29, 1.82) is 0 Å². The molecule has 2 aromatic rings. The molecule has 0 unspecified atom stereocenters. The first-order chi connectivity index (χ1) is 10.5. The van der Waals surface area contributed by atoms with E-state index in [1.807, 2.05) is 13.0 Å². The SMILES string of the molecule is CCc1ccc([C@H](COC)NC(=O)c2ccc([N+](=O)[O-])o2)o1. The number of nitrogens with zero attached hydrogens (tertiary/aromatic N) is 1. The van der Waals surface area contributed by atoms with Crippen LogP contribution in [0.3, 0.4) is 0 Å². The van der Waals surface area contributed by atoms with Gasteiger partial charge in [-0.15, -0.1) is 0 Å². The average molecular weight is 308 g/mol. The summed E-state index contributed by atoms with van der Waals surface area (Å²) in [7, 11) is 1.50. The van der Waals surface area contributed by atoms with Crippen molar-refractivity contribution in [3.05, 3.63) is 51.7 Å². The zero-order chi connectivity index (χ0) is 16.1. The zero-order valence-corrected chi connectivity index (χ0v) is 12.2. The summed E-state index contributed by atoms with van der Waals surface area (Å²) in [5.41, 5.74) is 0. The monoisotopic (exact) mass is 308 g/mol. The zero-order valence-electron chi connectivity index (χ0n) is 12.2. The maximum Gasteiger partial charge on any atom is 0.433 e. The summed E-state index contributed by atoms with van der Waals surface area (Å²) in [6.07, 6.45) is 0.734. The number of amides is 1. The Morgan fingerprint density at radius 3 is 2.68 bits per heavy atom. The predicted octanol–water partition coefficient (Wildman–Crippen LogP) is 2.46. The number of rotatable bonds is 7. The lowest BCUT2D eigenvalue weighted by Crippen LogP contribution is -2.30. The largest absolute Gasteiger partial charge is 0.464 e. The molecule has 0 aromatic carbocycles. The van der Waals surface area contributed by atoms with E-state index in [2.05, 4.69) is 5.32 Å². The number of carbonyl (C=O) groups excluding carboxylic acids is 1. The van der Waals surface area contributed by atoms with Gasteiger partial charge in [0.25, 0.3) is 5.91 Å². The number of aryl methyl sites for hydroxylation is 1. The fraction of sp³-hybridized carbons (Fsp3) is 0.357. The number of hydrogen-bond acceptors (Lipinski definition) is 6. The van der Waals surface area contributed by atoms with Crippen LogP contribution in [-0.2, 0) is 11.2 Å². The lowest BCUT2D eigenvalue weighted by atomic mass is 10.2. The lowest BCUT2D eigenvalue weighted by Gasteiger charge is -2.14. The second-order valence-corrected chi connectivity index (χ2v) is 4.53. The average Bonchev–Trinajstić information content (AvgIpc) is 3.16. The van der Waals surface area contributed by atoms with E-state index in [1.54, 1.807) is 6.07 Å². The molecule has 0 spiro atoms. The third-order valence-electron chi connectivity index (χ3n) is 3.01. The molecule has 2 aromatic heterocycles. The summed E-state index contributed by atoms with van der Waals surface area (Å²) in [5.74, 6) is 0.131. The second-order valence-electron chi connectivity index (χ2n) is 4.53. The van der Waals surface area contributed by atoms with Crippen molar-refractivity contribution in [2.24, 2.45) is 0 Å². The van der Waals surface area contributed by atoms with E-state index >= 15 is 0 Å². The Bertz CT molecular complexity index is 660. The van der Waals surface area contributed by atoms with Gasteiger partial charge in [0.15, 0.2) is 5.76 Å². The molecule has 22 heavy (non-hydrogen) atoms. The van der Waals surface area contributed by atoms with Crippen molar-refractivity contribution in [2.45, 2.75) is 19.4 Å². The number of hydrogen-bond donors (Lipinski definition) is 1. The number of nitro groups is 1. The van der Waals surface area contributed by atoms with E-state index in [9.17, 15) is 14.9 Å². The van der Waals surface area contributed by atoms with Gasteiger partial charge in [0, 0.05) is 13.5 Å². The predicted molar refractivity (Wildman–Crippen MR) is 75.5 cm³/mol. The van der Waals surface area contributed by atoms with Crippen LogP contribution < -0.4 is 5.32 Å². The highest BCUT2D eigenvalue weighted by molar-refractivity contribution is 5.91. The summed E-state index contributed by atoms with van der Waals surface area (Å²) in [5, 5.41) is 13.2. The maximum atomic E-state index is 12.1. The van der Waals surface area contributed by atoms with Crippen LogP contribution in [0.5, 0.6) is 0 Å². The number of methoxy groups -OCH3 is 1. The summed E-state index contributed by atoms with van der Waals surface area (Å²) >= 11 is 0. The molecule has 2 heterocycles. The molecule has 2 rings (SSSR count). The van der Waals surface area contributed by atoms with Crippen LogP contribution in [0.15, 0.2) is 33.1 Å². The second kappa shape index (κ2) is 6.90. The molecule has 0 saturated carbocycles. The molecule has 0 radical (unpaired) electrons. The summed E-state index contributed by atoms with van der Waals surface area (Å²) in [6, 6.07) is 5.44. The fourth-order valence-corrected chi connectivity index (χ4v) is 1.91. The fourth-order valence-electron chi connectivity index (χ4n) is 1.91. The molecule has 0 saturated heterocycles. The highest BCUT2D eigenvalue weighted by atomic mass is 16.6. The molecule has 1 amide bonds. The summed E-state index contributed by atoms with van der Waals surface area (Å²) in [6.45, 7) is 2.15. The Morgan fingerprint density at radius 1 is 1.36 bits per heavy atom. The van der Waals surface area contributed by atoms with E-state index < -0.39 is 22.8 Å². The molecule has 118 valence electrons. The third-order valence-corrected chi connectivity index (χ3v) is 3.01. The normalized spacial score (nSPS) is 12.1. The quantitative estimate of drug-likeness (QED) is 0.621. The minimum absolute atomic E-state index is 0.143. The summed E-state index contributed by atoms with van der Waals surface area (Å²) in [4.78, 5) is 21.9. The first kappa shape index (κ1) is 15.8. The molecule has 0 aliphatic carbocycles. The molecule has 0 fully saturated rings. The van der Waals surface area contributed by atoms with Gasteiger partial charge in [-0.05, 0) is 18.2 Å². The molecule has 8 heteroatoms. The molecule has 1 atom stereocenters. The van der Waals surface area contributed by atoms with Crippen LogP contribution in [0.4, 0.5) is 5.88 Å². The maximum absolute atomic E-state index is 12.1.